The van der Waals surface area contributed by atoms with Gasteiger partial charge >= 0.3 is 0 Å². The minimum Gasteiger partial charge on any atom is -0.330 e. The van der Waals surface area contributed by atoms with Gasteiger partial charge in [0.25, 0.3) is 5.91 Å². The number of para-hydroxylation sites is 1. The Labute approximate surface area is 160 Å². The molecule has 1 heterocycles. The Balaban J connectivity index is 1.53. The van der Waals surface area contributed by atoms with E-state index in [1.54, 1.807) is 24.3 Å². The molecule has 0 aliphatic carbocycles. The van der Waals surface area contributed by atoms with Crippen molar-refractivity contribution in [3.8, 4) is 0 Å². The third-order valence-corrected chi connectivity index (χ3v) is 4.91. The van der Waals surface area contributed by atoms with Crippen LogP contribution in [0, 0.1) is 0 Å². The summed E-state index contributed by atoms with van der Waals surface area (Å²) in [5, 5.41) is 2.90. The topological polar surface area (TPSA) is 75.4 Å². The van der Waals surface area contributed by atoms with Gasteiger partial charge in [0.05, 0.1) is 0 Å². The molecule has 2 aromatic carbocycles. The van der Waals surface area contributed by atoms with Gasteiger partial charge in [0, 0.05) is 29.9 Å². The highest BCUT2D eigenvalue weighted by atomic mass is 16.2. The molecule has 27 heavy (non-hydrogen) atoms. The monoisotopic (exact) mass is 365 g/mol. The lowest BCUT2D eigenvalue weighted by Gasteiger charge is -2.17. The summed E-state index contributed by atoms with van der Waals surface area (Å²) in [7, 11) is 0. The van der Waals surface area contributed by atoms with Crippen molar-refractivity contribution >= 4 is 23.2 Å². The van der Waals surface area contributed by atoms with Crippen LogP contribution in [0.15, 0.2) is 48.5 Å². The van der Waals surface area contributed by atoms with E-state index in [1.165, 1.54) is 5.56 Å². The Bertz CT molecular complexity index is 786. The van der Waals surface area contributed by atoms with E-state index in [4.69, 9.17) is 5.73 Å². The first-order chi connectivity index (χ1) is 13.2. The van der Waals surface area contributed by atoms with Crippen LogP contribution in [0.3, 0.4) is 0 Å². The van der Waals surface area contributed by atoms with Crippen LogP contribution in [-0.4, -0.2) is 24.9 Å². The molecular weight excluding hydrogens is 338 g/mol. The number of carbonyl (C=O) groups is 2. The van der Waals surface area contributed by atoms with Crippen LogP contribution in [0.4, 0.5) is 11.4 Å². The van der Waals surface area contributed by atoms with Crippen molar-refractivity contribution in [2.45, 2.75) is 38.5 Å². The summed E-state index contributed by atoms with van der Waals surface area (Å²) in [5.74, 6) is 0.00743. The number of fused-ring (bicyclic) bond motifs is 1. The molecule has 0 radical (unpaired) electrons. The third kappa shape index (κ3) is 4.95. The van der Waals surface area contributed by atoms with E-state index in [2.05, 4.69) is 11.4 Å². The van der Waals surface area contributed by atoms with Crippen molar-refractivity contribution < 1.29 is 9.59 Å². The summed E-state index contributed by atoms with van der Waals surface area (Å²) in [6.07, 6.45) is 5.38. The number of unbranched alkanes of at least 4 members (excludes halogenated alkanes) is 3. The maximum atomic E-state index is 12.8. The van der Waals surface area contributed by atoms with Crippen molar-refractivity contribution in [2.24, 2.45) is 5.73 Å². The highest BCUT2D eigenvalue weighted by Crippen LogP contribution is 2.29. The number of amides is 2. The fourth-order valence-electron chi connectivity index (χ4n) is 3.41. The number of anilines is 2. The average molecular weight is 365 g/mol. The van der Waals surface area contributed by atoms with Gasteiger partial charge in [0.2, 0.25) is 5.91 Å². The molecule has 2 amide bonds. The normalized spacial score (nSPS) is 12.7. The lowest BCUT2D eigenvalue weighted by atomic mass is 10.1. The molecule has 0 bridgehead atoms. The molecule has 142 valence electrons. The quantitative estimate of drug-likeness (QED) is 0.700. The number of hydrogen-bond donors (Lipinski definition) is 2. The molecule has 0 spiro atoms. The van der Waals surface area contributed by atoms with Crippen LogP contribution >= 0.6 is 0 Å². The van der Waals surface area contributed by atoms with Gasteiger partial charge in [0.1, 0.15) is 0 Å². The van der Waals surface area contributed by atoms with Crippen LogP contribution in [0.5, 0.6) is 0 Å². The molecule has 0 unspecified atom stereocenters. The van der Waals surface area contributed by atoms with Crippen LogP contribution in [0.1, 0.15) is 48.0 Å². The number of rotatable bonds is 8. The van der Waals surface area contributed by atoms with E-state index in [0.717, 1.165) is 43.5 Å². The molecule has 1 aliphatic heterocycles. The van der Waals surface area contributed by atoms with E-state index in [9.17, 15) is 9.59 Å². The average Bonchev–Trinajstić information content (AvgIpc) is 3.12. The van der Waals surface area contributed by atoms with Crippen molar-refractivity contribution in [1.29, 1.82) is 0 Å². The maximum absolute atomic E-state index is 12.8. The van der Waals surface area contributed by atoms with E-state index in [1.807, 2.05) is 23.1 Å². The second-order valence-corrected chi connectivity index (χ2v) is 6.91. The maximum Gasteiger partial charge on any atom is 0.258 e. The second-order valence-electron chi connectivity index (χ2n) is 6.91. The van der Waals surface area contributed by atoms with Gasteiger partial charge in [-0.15, -0.1) is 0 Å². The van der Waals surface area contributed by atoms with Crippen LogP contribution in [0.25, 0.3) is 0 Å². The molecule has 5 heteroatoms. The number of carbonyl (C=O) groups excluding carboxylic acids is 2. The first-order valence-electron chi connectivity index (χ1n) is 9.69. The van der Waals surface area contributed by atoms with Gasteiger partial charge in [-0.3, -0.25) is 9.59 Å². The zero-order chi connectivity index (χ0) is 19.1. The first-order valence-corrected chi connectivity index (χ1v) is 9.69. The van der Waals surface area contributed by atoms with Crippen molar-refractivity contribution in [3.63, 3.8) is 0 Å². The minimum atomic E-state index is -0.00210. The molecule has 1 aliphatic rings. The summed E-state index contributed by atoms with van der Waals surface area (Å²) < 4.78 is 0. The second kappa shape index (κ2) is 9.33. The molecule has 0 fully saturated rings. The van der Waals surface area contributed by atoms with Crippen LogP contribution in [-0.2, 0) is 11.2 Å². The number of nitrogens with zero attached hydrogens (tertiary/aromatic N) is 1. The first kappa shape index (κ1) is 19.1. The van der Waals surface area contributed by atoms with Crippen molar-refractivity contribution in [3.05, 3.63) is 59.7 Å². The standard InChI is InChI=1S/C22H27N3O2/c23-15-6-2-1-3-9-21(26)24-19-12-10-18(11-13-19)22(27)25-16-14-17-7-4-5-8-20(17)25/h4-5,7-8,10-13H,1-3,6,9,14-16,23H2,(H,24,26). The Morgan fingerprint density at radius 2 is 1.70 bits per heavy atom. The Hall–Kier alpha value is -2.66. The summed E-state index contributed by atoms with van der Waals surface area (Å²) in [4.78, 5) is 26.6. The molecule has 0 atom stereocenters. The number of nitrogens with one attached hydrogen (secondary N) is 1. The molecule has 2 aromatic rings. The van der Waals surface area contributed by atoms with Gasteiger partial charge in [-0.05, 0) is 61.7 Å². The van der Waals surface area contributed by atoms with Crippen LogP contribution in [0.2, 0.25) is 0 Å². The number of benzene rings is 2. The summed E-state index contributed by atoms with van der Waals surface area (Å²) in [5.41, 5.74) is 9.02. The molecule has 0 aromatic heterocycles. The number of nitrogens with two attached hydrogens (primary N) is 1. The van der Waals surface area contributed by atoms with Gasteiger partial charge in [-0.25, -0.2) is 0 Å². The smallest absolute Gasteiger partial charge is 0.258 e. The largest absolute Gasteiger partial charge is 0.330 e. The van der Waals surface area contributed by atoms with Crippen molar-refractivity contribution in [1.82, 2.24) is 0 Å². The van der Waals surface area contributed by atoms with E-state index >= 15 is 0 Å². The SMILES string of the molecule is NCCCCCCC(=O)Nc1ccc(C(=O)N2CCc3ccccc32)cc1. The van der Waals surface area contributed by atoms with Gasteiger partial charge < -0.3 is 16.0 Å². The third-order valence-electron chi connectivity index (χ3n) is 4.91. The Morgan fingerprint density at radius 1 is 0.963 bits per heavy atom. The van der Waals surface area contributed by atoms with Gasteiger partial charge in [0.15, 0.2) is 0 Å². The molecular formula is C22H27N3O2. The highest BCUT2D eigenvalue weighted by molar-refractivity contribution is 6.07. The Kier molecular flexibility index (Phi) is 6.60. The zero-order valence-corrected chi connectivity index (χ0v) is 15.6. The summed E-state index contributed by atoms with van der Waals surface area (Å²) in [6.45, 7) is 1.42. The number of hydrogen-bond acceptors (Lipinski definition) is 3. The lowest BCUT2D eigenvalue weighted by molar-refractivity contribution is -0.116. The molecule has 3 rings (SSSR count). The highest BCUT2D eigenvalue weighted by Gasteiger charge is 2.24. The Morgan fingerprint density at radius 3 is 2.48 bits per heavy atom. The fourth-order valence-corrected chi connectivity index (χ4v) is 3.41. The van der Waals surface area contributed by atoms with E-state index in [0.29, 0.717) is 25.1 Å². The van der Waals surface area contributed by atoms with Crippen molar-refractivity contribution in [2.75, 3.05) is 23.3 Å². The summed E-state index contributed by atoms with van der Waals surface area (Å²) in [6, 6.07) is 15.2. The summed E-state index contributed by atoms with van der Waals surface area (Å²) >= 11 is 0. The van der Waals surface area contributed by atoms with E-state index < -0.39 is 0 Å². The minimum absolute atomic E-state index is 0.00210. The van der Waals surface area contributed by atoms with Gasteiger partial charge in [-0.2, -0.15) is 0 Å². The van der Waals surface area contributed by atoms with Crippen LogP contribution < -0.4 is 16.0 Å². The fraction of sp³-hybridized carbons (Fsp3) is 0.364. The molecule has 0 saturated heterocycles. The molecule has 0 saturated carbocycles. The molecule has 5 nitrogen and oxygen atoms in total. The zero-order valence-electron chi connectivity index (χ0n) is 15.6. The van der Waals surface area contributed by atoms with E-state index in [-0.39, 0.29) is 11.8 Å². The molecule has 3 N–H and O–H groups in total. The predicted octanol–water partition coefficient (Wildman–Crippen LogP) is 3.74. The predicted molar refractivity (Wildman–Crippen MR) is 109 cm³/mol. The van der Waals surface area contributed by atoms with Gasteiger partial charge in [-0.1, -0.05) is 31.0 Å². The lowest BCUT2D eigenvalue weighted by Crippen LogP contribution is -2.28.